The van der Waals surface area contributed by atoms with E-state index in [1.54, 1.807) is 27.6 Å². The number of aryl methyl sites for hydroxylation is 1. The summed E-state index contributed by atoms with van der Waals surface area (Å²) in [7, 11) is 0. The molecule has 5 rings (SSSR count). The number of unbranched alkanes of at least 4 members (excludes halogenated alkanes) is 1. The van der Waals surface area contributed by atoms with E-state index in [0.29, 0.717) is 43.2 Å². The van der Waals surface area contributed by atoms with Crippen LogP contribution < -0.4 is 4.90 Å². The van der Waals surface area contributed by atoms with E-state index < -0.39 is 22.6 Å². The number of cyclic esters (lactones) is 1. The summed E-state index contributed by atoms with van der Waals surface area (Å²) in [5.41, 5.74) is 1.51. The number of esters is 1. The molecule has 0 radical (unpaired) electrons. The minimum atomic E-state index is -0.899. The molecule has 9 heteroatoms. The molecule has 7 nitrogen and oxygen atoms in total. The number of ether oxygens (including phenoxy) is 1. The molecule has 4 aliphatic heterocycles. The van der Waals surface area contributed by atoms with Gasteiger partial charge in [-0.25, -0.2) is 0 Å². The molecule has 2 amide bonds. The number of carbonyl (C=O) groups is 3. The first kappa shape index (κ1) is 26.3. The zero-order valence-corrected chi connectivity index (χ0v) is 22.5. The number of hydrogen-bond acceptors (Lipinski definition) is 6. The van der Waals surface area contributed by atoms with Crippen molar-refractivity contribution >= 4 is 46.8 Å². The number of carbonyl (C=O) groups excluding carboxylic acids is 3. The summed E-state index contributed by atoms with van der Waals surface area (Å²) in [4.78, 5) is 45.2. The molecule has 2 fully saturated rings. The Hall–Kier alpha value is -2.29. The summed E-state index contributed by atoms with van der Waals surface area (Å²) >= 11 is 8.13. The maximum atomic E-state index is 14.4. The predicted octanol–water partition coefficient (Wildman–Crippen LogP) is 3.90. The second kappa shape index (κ2) is 10.8. The van der Waals surface area contributed by atoms with Crippen LogP contribution >= 0.6 is 23.4 Å². The Bertz CT molecular complexity index is 1120. The van der Waals surface area contributed by atoms with Crippen molar-refractivity contribution in [2.75, 3.05) is 31.2 Å². The van der Waals surface area contributed by atoms with Crippen molar-refractivity contribution in [2.45, 2.75) is 55.1 Å². The molecule has 198 valence electrons. The van der Waals surface area contributed by atoms with Gasteiger partial charge in [0.15, 0.2) is 0 Å². The first-order valence-corrected chi connectivity index (χ1v) is 14.3. The SMILES string of the molecule is Cc1cccc(Cl)c1N1CC=C[C@]23S[C@H]4/C=C\CCCCOC(=O)[C@H]4[C@H]2C(=O)N(CCCCO)C3C1=O. The van der Waals surface area contributed by atoms with Crippen molar-refractivity contribution in [1.29, 1.82) is 0 Å². The first-order valence-electron chi connectivity index (χ1n) is 13.1. The van der Waals surface area contributed by atoms with Crippen LogP contribution in [0.25, 0.3) is 0 Å². The van der Waals surface area contributed by atoms with Crippen molar-refractivity contribution in [2.24, 2.45) is 11.8 Å². The Morgan fingerprint density at radius 3 is 2.78 bits per heavy atom. The average molecular weight is 545 g/mol. The first-order chi connectivity index (χ1) is 17.9. The summed E-state index contributed by atoms with van der Waals surface area (Å²) in [5.74, 6) is -2.12. The van der Waals surface area contributed by atoms with Crippen LogP contribution in [0.4, 0.5) is 5.69 Å². The molecule has 0 saturated carbocycles. The lowest BCUT2D eigenvalue weighted by molar-refractivity contribution is -0.153. The highest BCUT2D eigenvalue weighted by Crippen LogP contribution is 2.61. The number of anilines is 1. The Kier molecular flexibility index (Phi) is 7.70. The number of aliphatic hydroxyl groups is 1. The van der Waals surface area contributed by atoms with Gasteiger partial charge in [-0.05, 0) is 50.7 Å². The predicted molar refractivity (Wildman–Crippen MR) is 145 cm³/mol. The van der Waals surface area contributed by atoms with Crippen molar-refractivity contribution in [3.8, 4) is 0 Å². The van der Waals surface area contributed by atoms with Gasteiger partial charge in [-0.3, -0.25) is 14.4 Å². The highest BCUT2D eigenvalue weighted by atomic mass is 35.5. The van der Waals surface area contributed by atoms with E-state index in [1.165, 1.54) is 0 Å². The number of allylic oxidation sites excluding steroid dienone is 1. The van der Waals surface area contributed by atoms with Gasteiger partial charge >= 0.3 is 5.97 Å². The largest absolute Gasteiger partial charge is 0.465 e. The van der Waals surface area contributed by atoms with Crippen molar-refractivity contribution in [1.82, 2.24) is 4.90 Å². The molecule has 1 spiro atoms. The van der Waals surface area contributed by atoms with Gasteiger partial charge in [0.1, 0.15) is 6.04 Å². The maximum absolute atomic E-state index is 14.4. The lowest BCUT2D eigenvalue weighted by Crippen LogP contribution is -2.53. The third-order valence-electron chi connectivity index (χ3n) is 7.87. The second-order valence-electron chi connectivity index (χ2n) is 10.2. The van der Waals surface area contributed by atoms with Crippen LogP contribution in [0.2, 0.25) is 5.02 Å². The Morgan fingerprint density at radius 1 is 1.16 bits per heavy atom. The quantitative estimate of drug-likeness (QED) is 0.344. The van der Waals surface area contributed by atoms with E-state index in [9.17, 15) is 19.5 Å². The number of amides is 2. The van der Waals surface area contributed by atoms with Gasteiger partial charge in [0.25, 0.3) is 5.91 Å². The summed E-state index contributed by atoms with van der Waals surface area (Å²) in [5, 5.41) is 9.59. The van der Waals surface area contributed by atoms with Crippen LogP contribution in [0.5, 0.6) is 0 Å². The van der Waals surface area contributed by atoms with E-state index >= 15 is 0 Å². The highest BCUT2D eigenvalue weighted by molar-refractivity contribution is 8.02. The maximum Gasteiger partial charge on any atom is 0.311 e. The molecule has 1 aromatic carbocycles. The van der Waals surface area contributed by atoms with Crippen LogP contribution in [0.15, 0.2) is 42.5 Å². The van der Waals surface area contributed by atoms with E-state index in [0.717, 1.165) is 24.8 Å². The van der Waals surface area contributed by atoms with Crippen LogP contribution in [0, 0.1) is 18.8 Å². The van der Waals surface area contributed by atoms with Crippen molar-refractivity contribution in [3.05, 3.63) is 53.1 Å². The Morgan fingerprint density at radius 2 is 2.00 bits per heavy atom. The molecule has 0 bridgehead atoms. The highest BCUT2D eigenvalue weighted by Gasteiger charge is 2.70. The van der Waals surface area contributed by atoms with Crippen LogP contribution in [0.3, 0.4) is 0 Å². The monoisotopic (exact) mass is 544 g/mol. The van der Waals surface area contributed by atoms with Crippen molar-refractivity contribution in [3.63, 3.8) is 0 Å². The second-order valence-corrected chi connectivity index (χ2v) is 12.0. The van der Waals surface area contributed by atoms with Gasteiger partial charge in [0.2, 0.25) is 5.91 Å². The van der Waals surface area contributed by atoms with Gasteiger partial charge in [0.05, 0.1) is 33.9 Å². The van der Waals surface area contributed by atoms with E-state index in [-0.39, 0.29) is 29.6 Å². The lowest BCUT2D eigenvalue weighted by Gasteiger charge is -2.35. The zero-order valence-electron chi connectivity index (χ0n) is 21.0. The summed E-state index contributed by atoms with van der Waals surface area (Å²) < 4.78 is 4.75. The van der Waals surface area contributed by atoms with E-state index in [2.05, 4.69) is 6.08 Å². The summed E-state index contributed by atoms with van der Waals surface area (Å²) in [6, 6.07) is 4.74. The molecule has 0 aliphatic carbocycles. The topological polar surface area (TPSA) is 87.2 Å². The molecule has 5 atom stereocenters. The normalized spacial score (nSPS) is 32.5. The van der Waals surface area contributed by atoms with E-state index in [1.807, 2.05) is 37.3 Å². The summed E-state index contributed by atoms with van der Waals surface area (Å²) in [6.45, 7) is 2.92. The van der Waals surface area contributed by atoms with Gasteiger partial charge in [-0.15, -0.1) is 11.8 Å². The third-order valence-corrected chi connectivity index (χ3v) is 9.92. The molecular weight excluding hydrogens is 512 g/mol. The van der Waals surface area contributed by atoms with Crippen LogP contribution in [-0.4, -0.2) is 70.1 Å². The molecule has 0 aromatic heterocycles. The number of nitrogens with zero attached hydrogens (tertiary/aromatic N) is 2. The molecule has 1 aromatic rings. The van der Waals surface area contributed by atoms with Crippen LogP contribution in [0.1, 0.15) is 37.7 Å². The summed E-state index contributed by atoms with van der Waals surface area (Å²) in [6.07, 6.45) is 11.8. The molecular formula is C28H33ClN2O5S. The number of hydrogen-bond donors (Lipinski definition) is 1. The number of benzene rings is 1. The van der Waals surface area contributed by atoms with Crippen molar-refractivity contribution < 1.29 is 24.2 Å². The number of thioether (sulfide) groups is 1. The average Bonchev–Trinajstić information content (AvgIpc) is 3.25. The van der Waals surface area contributed by atoms with Crippen LogP contribution in [-0.2, 0) is 19.1 Å². The lowest BCUT2D eigenvalue weighted by atomic mass is 9.78. The fourth-order valence-electron chi connectivity index (χ4n) is 6.22. The number of halogens is 1. The molecule has 1 unspecified atom stereocenters. The number of para-hydroxylation sites is 1. The van der Waals surface area contributed by atoms with Gasteiger partial charge in [-0.2, -0.15) is 0 Å². The smallest absolute Gasteiger partial charge is 0.311 e. The molecule has 2 saturated heterocycles. The fourth-order valence-corrected chi connectivity index (χ4v) is 8.54. The molecule has 37 heavy (non-hydrogen) atoms. The Labute approximate surface area is 226 Å². The van der Waals surface area contributed by atoms with Gasteiger partial charge < -0.3 is 19.6 Å². The number of fused-ring (bicyclic) bond motifs is 2. The molecule has 1 N–H and O–H groups in total. The van der Waals surface area contributed by atoms with E-state index in [4.69, 9.17) is 16.3 Å². The number of aliphatic hydroxyl groups excluding tert-OH is 1. The van der Waals surface area contributed by atoms with Gasteiger partial charge in [0, 0.05) is 24.9 Å². The van der Waals surface area contributed by atoms with Gasteiger partial charge in [-0.1, -0.05) is 48.0 Å². The molecule has 4 aliphatic rings. The standard InChI is InChI=1S/C28H33ClN2O5S/c1-18-10-8-11-19(29)23(18)30-15-9-13-28-22(25(33)31(14-5-6-16-32)24(28)26(30)34)21-20(37-28)12-4-2-3-7-17-36-27(21)35/h4,8-13,20-22,24,32H,2-3,5-7,14-17H2,1H3/b12-4-/t20-,21+,22-,24?,28-/m0/s1. The third kappa shape index (κ3) is 4.51. The minimum Gasteiger partial charge on any atom is -0.465 e. The fraction of sp³-hybridized carbons (Fsp3) is 0.536. The zero-order chi connectivity index (χ0) is 26.2. The molecule has 4 heterocycles. The number of likely N-dealkylation sites (tertiary alicyclic amines) is 1. The Balaban J connectivity index is 1.61. The number of rotatable bonds is 5. The minimum absolute atomic E-state index is 0.0105.